The Bertz CT molecular complexity index is 437. The quantitative estimate of drug-likeness (QED) is 0.821. The number of rotatable bonds is 7. The molecule has 1 unspecified atom stereocenters. The Kier molecular flexibility index (Phi) is 5.23. The smallest absolute Gasteiger partial charge is 0.0888 e. The molecule has 1 aliphatic carbocycles. The third kappa shape index (κ3) is 2.93. The van der Waals surface area contributed by atoms with Crippen LogP contribution in [0.1, 0.15) is 31.0 Å². The van der Waals surface area contributed by atoms with Crippen molar-refractivity contribution in [3.63, 3.8) is 0 Å². The van der Waals surface area contributed by atoms with Crippen LogP contribution in [0.15, 0.2) is 10.7 Å². The fourth-order valence-electron chi connectivity index (χ4n) is 2.92. The lowest BCUT2D eigenvalue weighted by Crippen LogP contribution is -2.50. The number of hydrogen-bond donors (Lipinski definition) is 1. The number of nitrogens with zero attached hydrogens (tertiary/aromatic N) is 3. The van der Waals surface area contributed by atoms with Crippen LogP contribution in [-0.4, -0.2) is 55.1 Å². The Labute approximate surface area is 129 Å². The molecule has 0 spiro atoms. The average Bonchev–Trinajstić information content (AvgIpc) is 2.72. The number of ether oxygens (including phenoxy) is 1. The molecule has 1 aromatic heterocycles. The van der Waals surface area contributed by atoms with E-state index in [1.807, 2.05) is 20.4 Å². The van der Waals surface area contributed by atoms with E-state index in [0.29, 0.717) is 0 Å². The van der Waals surface area contributed by atoms with Crippen LogP contribution in [0.2, 0.25) is 0 Å². The monoisotopic (exact) mass is 344 g/mol. The van der Waals surface area contributed by atoms with E-state index in [1.54, 1.807) is 0 Å². The molecular formula is C14H25BrN4O. The number of nitrogens with one attached hydrogen (secondary N) is 1. The first kappa shape index (κ1) is 15.9. The summed E-state index contributed by atoms with van der Waals surface area (Å²) in [4.78, 5) is 2.17. The predicted molar refractivity (Wildman–Crippen MR) is 83.9 cm³/mol. The normalized spacial score (nSPS) is 19.1. The highest BCUT2D eigenvalue weighted by Crippen LogP contribution is 2.46. The van der Waals surface area contributed by atoms with E-state index in [2.05, 4.69) is 50.0 Å². The van der Waals surface area contributed by atoms with Crippen molar-refractivity contribution in [1.29, 1.82) is 0 Å². The summed E-state index contributed by atoms with van der Waals surface area (Å²) in [5, 5.41) is 7.95. The minimum Gasteiger partial charge on any atom is -0.376 e. The van der Waals surface area contributed by atoms with Gasteiger partial charge < -0.3 is 15.0 Å². The van der Waals surface area contributed by atoms with Gasteiger partial charge in [-0.3, -0.25) is 4.68 Å². The van der Waals surface area contributed by atoms with Crippen LogP contribution in [0.25, 0.3) is 0 Å². The van der Waals surface area contributed by atoms with Crippen LogP contribution in [0.5, 0.6) is 0 Å². The molecule has 1 aromatic rings. The molecule has 114 valence electrons. The van der Waals surface area contributed by atoms with Crippen LogP contribution in [0.4, 0.5) is 0 Å². The number of methoxy groups -OCH3 is 1. The Morgan fingerprint density at radius 3 is 2.70 bits per heavy atom. The highest BCUT2D eigenvalue weighted by molar-refractivity contribution is 9.10. The molecule has 0 aliphatic heterocycles. The summed E-state index contributed by atoms with van der Waals surface area (Å²) in [5.74, 6) is 0. The maximum Gasteiger partial charge on any atom is 0.0888 e. The summed E-state index contributed by atoms with van der Waals surface area (Å²) in [6.07, 6.45) is 5.31. The maximum atomic E-state index is 5.85. The summed E-state index contributed by atoms with van der Waals surface area (Å²) < 4.78 is 8.99. The van der Waals surface area contributed by atoms with E-state index in [1.165, 1.54) is 12.1 Å². The standard InChI is InChI=1S/C14H25BrN4O/c1-16-13(14(20-4)6-5-7-14)12-11(15)10-17-19(12)9-8-18(2)3/h10,13,16H,5-9H2,1-4H3. The molecule has 5 nitrogen and oxygen atoms in total. The molecule has 2 rings (SSSR count). The van der Waals surface area contributed by atoms with E-state index < -0.39 is 0 Å². The van der Waals surface area contributed by atoms with Crippen molar-refractivity contribution in [2.75, 3.05) is 34.8 Å². The molecule has 1 fully saturated rings. The Morgan fingerprint density at radius 2 is 2.25 bits per heavy atom. The molecule has 6 heteroatoms. The lowest BCUT2D eigenvalue weighted by atomic mass is 9.73. The third-order valence-electron chi connectivity index (χ3n) is 4.29. The average molecular weight is 345 g/mol. The van der Waals surface area contributed by atoms with Gasteiger partial charge in [-0.05, 0) is 56.3 Å². The van der Waals surface area contributed by atoms with Crippen LogP contribution >= 0.6 is 15.9 Å². The first-order valence-electron chi connectivity index (χ1n) is 7.12. The first-order chi connectivity index (χ1) is 9.54. The fraction of sp³-hybridized carbons (Fsp3) is 0.786. The van der Waals surface area contributed by atoms with Gasteiger partial charge in [-0.1, -0.05) is 0 Å². The van der Waals surface area contributed by atoms with Gasteiger partial charge in [-0.25, -0.2) is 0 Å². The number of aromatic nitrogens is 2. The van der Waals surface area contributed by atoms with E-state index in [0.717, 1.165) is 30.4 Å². The highest BCUT2D eigenvalue weighted by Gasteiger charge is 2.46. The van der Waals surface area contributed by atoms with Gasteiger partial charge in [0.05, 0.1) is 34.6 Å². The van der Waals surface area contributed by atoms with Gasteiger partial charge in [-0.2, -0.15) is 5.10 Å². The van der Waals surface area contributed by atoms with Crippen LogP contribution in [0.3, 0.4) is 0 Å². The maximum absolute atomic E-state index is 5.85. The number of likely N-dealkylation sites (N-methyl/N-ethyl adjacent to an activating group) is 2. The topological polar surface area (TPSA) is 42.3 Å². The first-order valence-corrected chi connectivity index (χ1v) is 7.91. The summed E-state index contributed by atoms with van der Waals surface area (Å²) in [6.45, 7) is 1.85. The van der Waals surface area contributed by atoms with Crippen molar-refractivity contribution in [1.82, 2.24) is 20.0 Å². The zero-order valence-corrected chi connectivity index (χ0v) is 14.4. The Hall–Kier alpha value is -0.430. The van der Waals surface area contributed by atoms with Crippen molar-refractivity contribution in [2.24, 2.45) is 0 Å². The second kappa shape index (κ2) is 6.56. The number of halogens is 1. The van der Waals surface area contributed by atoms with Crippen molar-refractivity contribution >= 4 is 15.9 Å². The molecule has 0 aromatic carbocycles. The second-order valence-electron chi connectivity index (χ2n) is 5.75. The van der Waals surface area contributed by atoms with Gasteiger partial charge in [0.2, 0.25) is 0 Å². The highest BCUT2D eigenvalue weighted by atomic mass is 79.9. The predicted octanol–water partition coefficient (Wildman–Crippen LogP) is 2.04. The van der Waals surface area contributed by atoms with Gasteiger partial charge in [0, 0.05) is 13.7 Å². The molecule has 1 N–H and O–H groups in total. The molecule has 1 heterocycles. The van der Waals surface area contributed by atoms with E-state index in [9.17, 15) is 0 Å². The third-order valence-corrected chi connectivity index (χ3v) is 4.90. The molecule has 0 saturated heterocycles. The van der Waals surface area contributed by atoms with Crippen molar-refractivity contribution in [3.05, 3.63) is 16.4 Å². The largest absolute Gasteiger partial charge is 0.376 e. The minimum atomic E-state index is -0.0901. The minimum absolute atomic E-state index is 0.0901. The van der Waals surface area contributed by atoms with E-state index >= 15 is 0 Å². The zero-order valence-electron chi connectivity index (χ0n) is 12.8. The molecular weight excluding hydrogens is 320 g/mol. The molecule has 1 saturated carbocycles. The Balaban J connectivity index is 2.27. The molecule has 0 radical (unpaired) electrons. The van der Waals surface area contributed by atoms with Crippen molar-refractivity contribution in [2.45, 2.75) is 37.5 Å². The summed E-state index contributed by atoms with van der Waals surface area (Å²) in [6, 6.07) is 0.167. The molecule has 0 bridgehead atoms. The van der Waals surface area contributed by atoms with Gasteiger partial charge >= 0.3 is 0 Å². The molecule has 1 aliphatic rings. The SMILES string of the molecule is CNC(c1c(Br)cnn1CCN(C)C)C1(OC)CCC1. The van der Waals surface area contributed by atoms with Crippen molar-refractivity contribution in [3.8, 4) is 0 Å². The fourth-order valence-corrected chi connectivity index (χ4v) is 3.44. The summed E-state index contributed by atoms with van der Waals surface area (Å²) in [5.41, 5.74) is 1.10. The van der Waals surface area contributed by atoms with Crippen LogP contribution < -0.4 is 5.32 Å². The number of hydrogen-bond acceptors (Lipinski definition) is 4. The molecule has 1 atom stereocenters. The van der Waals surface area contributed by atoms with Gasteiger partial charge in [0.1, 0.15) is 0 Å². The summed E-state index contributed by atoms with van der Waals surface area (Å²) >= 11 is 3.65. The Morgan fingerprint density at radius 1 is 1.55 bits per heavy atom. The van der Waals surface area contributed by atoms with E-state index in [-0.39, 0.29) is 11.6 Å². The summed E-state index contributed by atoms with van der Waals surface area (Å²) in [7, 11) is 7.98. The molecule has 20 heavy (non-hydrogen) atoms. The molecule has 0 amide bonds. The van der Waals surface area contributed by atoms with E-state index in [4.69, 9.17) is 4.74 Å². The van der Waals surface area contributed by atoms with Gasteiger partial charge in [0.15, 0.2) is 0 Å². The van der Waals surface area contributed by atoms with Gasteiger partial charge in [-0.15, -0.1) is 0 Å². The van der Waals surface area contributed by atoms with Crippen molar-refractivity contribution < 1.29 is 4.74 Å². The lowest BCUT2D eigenvalue weighted by molar-refractivity contribution is -0.100. The second-order valence-corrected chi connectivity index (χ2v) is 6.60. The zero-order chi connectivity index (χ0) is 14.8. The van der Waals surface area contributed by atoms with Crippen LogP contribution in [0, 0.1) is 0 Å². The lowest BCUT2D eigenvalue weighted by Gasteiger charge is -2.46. The van der Waals surface area contributed by atoms with Gasteiger partial charge in [0.25, 0.3) is 0 Å². The van der Waals surface area contributed by atoms with Crippen LogP contribution in [-0.2, 0) is 11.3 Å².